The van der Waals surface area contributed by atoms with E-state index in [1.54, 1.807) is 0 Å². The minimum atomic E-state index is -0.160. The van der Waals surface area contributed by atoms with Crippen LogP contribution in [-0.4, -0.2) is 25.5 Å². The first-order chi connectivity index (χ1) is 8.33. The lowest BCUT2D eigenvalue weighted by atomic mass is 9.68. The van der Waals surface area contributed by atoms with E-state index in [4.69, 9.17) is 0 Å². The molecule has 0 bridgehead atoms. The Morgan fingerprint density at radius 2 is 1.82 bits per heavy atom. The first-order valence-electron chi connectivity index (χ1n) is 6.37. The summed E-state index contributed by atoms with van der Waals surface area (Å²) in [5.41, 5.74) is 1.14. The van der Waals surface area contributed by atoms with Gasteiger partial charge in [-0.2, -0.15) is 0 Å². The van der Waals surface area contributed by atoms with Gasteiger partial charge in [0.1, 0.15) is 0 Å². The molecule has 2 aliphatic rings. The van der Waals surface area contributed by atoms with E-state index in [-0.39, 0.29) is 11.3 Å². The molecular weight excluding hydrogens is 212 g/mol. The van der Waals surface area contributed by atoms with E-state index < -0.39 is 0 Å². The van der Waals surface area contributed by atoms with Crippen LogP contribution in [0.1, 0.15) is 24.3 Å². The zero-order chi connectivity index (χ0) is 11.7. The zero-order valence-electron chi connectivity index (χ0n) is 9.91. The average molecular weight is 230 g/mol. The van der Waals surface area contributed by atoms with Crippen molar-refractivity contribution in [1.29, 1.82) is 0 Å². The van der Waals surface area contributed by atoms with Crippen LogP contribution in [0.4, 0.5) is 0 Å². The van der Waals surface area contributed by atoms with Crippen molar-refractivity contribution < 1.29 is 4.79 Å². The van der Waals surface area contributed by atoms with E-state index in [1.165, 1.54) is 5.56 Å². The van der Waals surface area contributed by atoms with E-state index in [1.807, 2.05) is 6.07 Å². The fourth-order valence-corrected chi connectivity index (χ4v) is 3.30. The van der Waals surface area contributed by atoms with Crippen LogP contribution in [0.3, 0.4) is 0 Å². The van der Waals surface area contributed by atoms with Crippen LogP contribution in [0.25, 0.3) is 0 Å². The molecule has 1 atom stereocenters. The second-order valence-electron chi connectivity index (χ2n) is 5.08. The Balaban J connectivity index is 1.96. The largest absolute Gasteiger partial charge is 0.355 e. The van der Waals surface area contributed by atoms with Crippen molar-refractivity contribution in [2.45, 2.75) is 18.8 Å². The summed E-state index contributed by atoms with van der Waals surface area (Å²) >= 11 is 0. The molecule has 1 spiro atoms. The van der Waals surface area contributed by atoms with Gasteiger partial charge >= 0.3 is 0 Å². The maximum atomic E-state index is 12.2. The van der Waals surface area contributed by atoms with E-state index >= 15 is 0 Å². The highest BCUT2D eigenvalue weighted by molar-refractivity contribution is 5.86. The number of carbonyl (C=O) groups is 1. The number of hydrogen-bond donors (Lipinski definition) is 2. The van der Waals surface area contributed by atoms with Crippen LogP contribution in [0.2, 0.25) is 0 Å². The monoisotopic (exact) mass is 230 g/mol. The highest BCUT2D eigenvalue weighted by Gasteiger charge is 2.50. The van der Waals surface area contributed by atoms with E-state index in [9.17, 15) is 4.79 Å². The van der Waals surface area contributed by atoms with Crippen molar-refractivity contribution in [3.05, 3.63) is 35.9 Å². The van der Waals surface area contributed by atoms with Crippen LogP contribution in [0.15, 0.2) is 30.3 Å². The lowest BCUT2D eigenvalue weighted by Crippen LogP contribution is -2.44. The van der Waals surface area contributed by atoms with Crippen molar-refractivity contribution in [2.75, 3.05) is 19.6 Å². The molecule has 0 saturated carbocycles. The minimum Gasteiger partial charge on any atom is -0.355 e. The van der Waals surface area contributed by atoms with E-state index in [0.29, 0.717) is 5.92 Å². The van der Waals surface area contributed by atoms with Gasteiger partial charge in [0.15, 0.2) is 0 Å². The van der Waals surface area contributed by atoms with Gasteiger partial charge in [0, 0.05) is 12.5 Å². The van der Waals surface area contributed by atoms with Gasteiger partial charge in [0.2, 0.25) is 5.91 Å². The second kappa shape index (κ2) is 4.15. The summed E-state index contributed by atoms with van der Waals surface area (Å²) in [5.74, 6) is 0.603. The van der Waals surface area contributed by atoms with Crippen molar-refractivity contribution in [3.8, 4) is 0 Å². The van der Waals surface area contributed by atoms with E-state index in [2.05, 4.69) is 34.9 Å². The van der Waals surface area contributed by atoms with Crippen molar-refractivity contribution in [3.63, 3.8) is 0 Å². The maximum absolute atomic E-state index is 12.2. The molecule has 1 aromatic rings. The minimum absolute atomic E-state index is 0.160. The van der Waals surface area contributed by atoms with E-state index in [0.717, 1.165) is 32.5 Å². The molecule has 2 saturated heterocycles. The predicted molar refractivity (Wildman–Crippen MR) is 66.7 cm³/mol. The van der Waals surface area contributed by atoms with Crippen molar-refractivity contribution in [1.82, 2.24) is 10.6 Å². The SMILES string of the molecule is O=C1NC[C@H](c2ccccc2)C12CCNCC2. The Labute approximate surface area is 102 Å². The first kappa shape index (κ1) is 10.8. The van der Waals surface area contributed by atoms with Crippen LogP contribution in [-0.2, 0) is 4.79 Å². The Hall–Kier alpha value is -1.35. The van der Waals surface area contributed by atoms with Crippen molar-refractivity contribution >= 4 is 5.91 Å². The quantitative estimate of drug-likeness (QED) is 0.763. The van der Waals surface area contributed by atoms with Gasteiger partial charge in [-0.3, -0.25) is 4.79 Å². The molecular formula is C14H18N2O. The smallest absolute Gasteiger partial charge is 0.227 e. The van der Waals surface area contributed by atoms with Gasteiger partial charge in [0.05, 0.1) is 5.41 Å². The highest BCUT2D eigenvalue weighted by atomic mass is 16.2. The summed E-state index contributed by atoms with van der Waals surface area (Å²) in [6.45, 7) is 2.70. The number of amides is 1. The third kappa shape index (κ3) is 1.65. The molecule has 3 heteroatoms. The van der Waals surface area contributed by atoms with Gasteiger partial charge in [-0.15, -0.1) is 0 Å². The second-order valence-corrected chi connectivity index (χ2v) is 5.08. The molecule has 2 aliphatic heterocycles. The fraction of sp³-hybridized carbons (Fsp3) is 0.500. The molecule has 2 heterocycles. The third-order valence-corrected chi connectivity index (χ3v) is 4.28. The van der Waals surface area contributed by atoms with Crippen LogP contribution in [0, 0.1) is 5.41 Å². The van der Waals surface area contributed by atoms with Gasteiger partial charge in [-0.25, -0.2) is 0 Å². The van der Waals surface area contributed by atoms with Crippen molar-refractivity contribution in [2.24, 2.45) is 5.41 Å². The average Bonchev–Trinajstić information content (AvgIpc) is 2.69. The number of carbonyl (C=O) groups excluding carboxylic acids is 1. The molecule has 0 aromatic heterocycles. The van der Waals surface area contributed by atoms with Crippen LogP contribution < -0.4 is 10.6 Å². The number of rotatable bonds is 1. The number of piperidine rings is 1. The van der Waals surface area contributed by atoms with Crippen LogP contribution in [0.5, 0.6) is 0 Å². The standard InChI is InChI=1S/C14H18N2O/c17-13-14(6-8-15-9-7-14)12(10-16-13)11-4-2-1-3-5-11/h1-5,12,15H,6-10H2,(H,16,17)/t12-/m1/s1. The molecule has 2 fully saturated rings. The first-order valence-corrected chi connectivity index (χ1v) is 6.37. The molecule has 1 amide bonds. The number of nitrogens with one attached hydrogen (secondary N) is 2. The summed E-state index contributed by atoms with van der Waals surface area (Å²) in [7, 11) is 0. The summed E-state index contributed by atoms with van der Waals surface area (Å²) in [6.07, 6.45) is 1.91. The zero-order valence-corrected chi connectivity index (χ0v) is 9.91. The predicted octanol–water partition coefficient (Wildman–Crippen LogP) is 1.27. The Morgan fingerprint density at radius 3 is 2.53 bits per heavy atom. The number of hydrogen-bond acceptors (Lipinski definition) is 2. The summed E-state index contributed by atoms with van der Waals surface area (Å²) in [5, 5.41) is 6.41. The van der Waals surface area contributed by atoms with Gasteiger partial charge in [0.25, 0.3) is 0 Å². The normalized spacial score (nSPS) is 27.1. The Bertz CT molecular complexity index is 409. The molecule has 0 unspecified atom stereocenters. The van der Waals surface area contributed by atoms with Crippen LogP contribution >= 0.6 is 0 Å². The molecule has 3 rings (SSSR count). The maximum Gasteiger partial charge on any atom is 0.227 e. The number of benzene rings is 1. The molecule has 0 radical (unpaired) electrons. The van der Waals surface area contributed by atoms with Gasteiger partial charge in [-0.05, 0) is 31.5 Å². The molecule has 1 aromatic carbocycles. The summed E-state index contributed by atoms with van der Waals surface area (Å²) in [4.78, 5) is 12.2. The lowest BCUT2D eigenvalue weighted by Gasteiger charge is -2.36. The lowest BCUT2D eigenvalue weighted by molar-refractivity contribution is -0.129. The Morgan fingerprint density at radius 1 is 1.12 bits per heavy atom. The molecule has 17 heavy (non-hydrogen) atoms. The Kier molecular flexibility index (Phi) is 2.63. The summed E-state index contributed by atoms with van der Waals surface area (Å²) in [6, 6.07) is 10.5. The fourth-order valence-electron chi connectivity index (χ4n) is 3.30. The molecule has 3 nitrogen and oxygen atoms in total. The third-order valence-electron chi connectivity index (χ3n) is 4.28. The van der Waals surface area contributed by atoms with Gasteiger partial charge in [-0.1, -0.05) is 30.3 Å². The highest BCUT2D eigenvalue weighted by Crippen LogP contribution is 2.46. The van der Waals surface area contributed by atoms with Gasteiger partial charge < -0.3 is 10.6 Å². The summed E-state index contributed by atoms with van der Waals surface area (Å²) < 4.78 is 0. The molecule has 0 aliphatic carbocycles. The molecule has 2 N–H and O–H groups in total. The topological polar surface area (TPSA) is 41.1 Å². The molecule has 90 valence electrons.